The molecule has 1 N–H and O–H groups in total. The highest BCUT2D eigenvalue weighted by molar-refractivity contribution is 6.31. The molecule has 4 aromatic rings. The van der Waals surface area contributed by atoms with E-state index in [1.807, 2.05) is 37.3 Å². The predicted molar refractivity (Wildman–Crippen MR) is 106 cm³/mol. The molecule has 0 radical (unpaired) electrons. The summed E-state index contributed by atoms with van der Waals surface area (Å²) < 4.78 is 1.77. The van der Waals surface area contributed by atoms with Crippen LogP contribution in [-0.2, 0) is 0 Å². The van der Waals surface area contributed by atoms with Crippen molar-refractivity contribution in [1.29, 1.82) is 0 Å². The van der Waals surface area contributed by atoms with Crippen molar-refractivity contribution in [2.75, 3.05) is 5.32 Å². The lowest BCUT2D eigenvalue weighted by Gasteiger charge is -2.11. The Morgan fingerprint density at radius 2 is 1.85 bits per heavy atom. The summed E-state index contributed by atoms with van der Waals surface area (Å²) in [4.78, 5) is 8.83. The van der Waals surface area contributed by atoms with Crippen molar-refractivity contribution in [3.63, 3.8) is 0 Å². The van der Waals surface area contributed by atoms with Gasteiger partial charge in [-0.05, 0) is 55.7 Å². The van der Waals surface area contributed by atoms with Gasteiger partial charge in [-0.15, -0.1) is 0 Å². The van der Waals surface area contributed by atoms with Crippen molar-refractivity contribution < 1.29 is 0 Å². The molecule has 0 atom stereocenters. The van der Waals surface area contributed by atoms with Gasteiger partial charge in [0.2, 0.25) is 0 Å². The molecule has 0 spiro atoms. The molecule has 6 heteroatoms. The fourth-order valence-electron chi connectivity index (χ4n) is 2.86. The number of nitrogens with zero attached hydrogens (tertiary/aromatic N) is 4. The van der Waals surface area contributed by atoms with E-state index in [4.69, 9.17) is 11.6 Å². The third-order valence-corrected chi connectivity index (χ3v) is 5.03. The molecule has 0 aliphatic rings. The largest absolute Gasteiger partial charge is 0.339 e. The molecule has 0 saturated heterocycles. The van der Waals surface area contributed by atoms with Crippen LogP contribution in [0.5, 0.6) is 0 Å². The minimum absolute atomic E-state index is 0.703. The predicted octanol–water partition coefficient (Wildman–Crippen LogP) is 5.14. The van der Waals surface area contributed by atoms with Crippen LogP contribution in [0.4, 0.5) is 11.5 Å². The summed E-state index contributed by atoms with van der Waals surface area (Å²) in [7, 11) is 0. The van der Waals surface area contributed by atoms with Crippen LogP contribution in [0.1, 0.15) is 16.7 Å². The van der Waals surface area contributed by atoms with Gasteiger partial charge in [0.1, 0.15) is 12.1 Å². The van der Waals surface area contributed by atoms with Crippen LogP contribution >= 0.6 is 11.6 Å². The van der Waals surface area contributed by atoms with Crippen LogP contribution in [0.3, 0.4) is 0 Å². The lowest BCUT2D eigenvalue weighted by Crippen LogP contribution is -2.01. The van der Waals surface area contributed by atoms with E-state index in [2.05, 4.69) is 40.3 Å². The Morgan fingerprint density at radius 1 is 1.00 bits per heavy atom. The second-order valence-electron chi connectivity index (χ2n) is 6.32. The third kappa shape index (κ3) is 2.80. The average molecular weight is 364 g/mol. The first-order valence-corrected chi connectivity index (χ1v) is 8.71. The second-order valence-corrected chi connectivity index (χ2v) is 6.73. The monoisotopic (exact) mass is 363 g/mol. The van der Waals surface area contributed by atoms with E-state index >= 15 is 0 Å². The molecule has 0 saturated carbocycles. The topological polar surface area (TPSA) is 55.6 Å². The number of benzene rings is 2. The molecule has 130 valence electrons. The number of nitrogens with one attached hydrogen (secondary N) is 1. The molecule has 0 unspecified atom stereocenters. The summed E-state index contributed by atoms with van der Waals surface area (Å²) in [6.45, 7) is 6.16. The molecule has 0 amide bonds. The lowest BCUT2D eigenvalue weighted by molar-refractivity contribution is 0.894. The summed E-state index contributed by atoms with van der Waals surface area (Å²) in [6, 6.07) is 12.0. The SMILES string of the molecule is Cc1ccc(-n2ncc3c(Nc4cccc(C)c4C)ncnc32)cc1Cl. The second kappa shape index (κ2) is 6.42. The summed E-state index contributed by atoms with van der Waals surface area (Å²) in [5.41, 5.74) is 6.07. The number of aromatic nitrogens is 4. The number of anilines is 2. The maximum atomic E-state index is 6.27. The zero-order chi connectivity index (χ0) is 18.3. The molecule has 2 heterocycles. The smallest absolute Gasteiger partial charge is 0.168 e. The Kier molecular flexibility index (Phi) is 4.09. The van der Waals surface area contributed by atoms with Crippen LogP contribution in [-0.4, -0.2) is 19.7 Å². The summed E-state index contributed by atoms with van der Waals surface area (Å²) >= 11 is 6.27. The highest BCUT2D eigenvalue weighted by Crippen LogP contribution is 2.28. The third-order valence-electron chi connectivity index (χ3n) is 4.62. The van der Waals surface area contributed by atoms with Gasteiger partial charge in [-0.1, -0.05) is 29.8 Å². The van der Waals surface area contributed by atoms with Gasteiger partial charge >= 0.3 is 0 Å². The van der Waals surface area contributed by atoms with Crippen molar-refractivity contribution in [1.82, 2.24) is 19.7 Å². The quantitative estimate of drug-likeness (QED) is 0.547. The van der Waals surface area contributed by atoms with Gasteiger partial charge < -0.3 is 5.32 Å². The zero-order valence-corrected chi connectivity index (χ0v) is 15.5. The zero-order valence-electron chi connectivity index (χ0n) is 14.8. The molecule has 0 bridgehead atoms. The van der Waals surface area contributed by atoms with Crippen molar-refractivity contribution >= 4 is 34.1 Å². The van der Waals surface area contributed by atoms with E-state index in [1.54, 1.807) is 17.2 Å². The van der Waals surface area contributed by atoms with Gasteiger partial charge in [0.25, 0.3) is 0 Å². The summed E-state index contributed by atoms with van der Waals surface area (Å²) in [5, 5.41) is 9.46. The van der Waals surface area contributed by atoms with Crippen molar-refractivity contribution in [2.24, 2.45) is 0 Å². The number of halogens is 1. The first-order chi connectivity index (χ1) is 12.5. The average Bonchev–Trinajstić information content (AvgIpc) is 3.06. The molecule has 2 aromatic carbocycles. The van der Waals surface area contributed by atoms with Crippen molar-refractivity contribution in [3.8, 4) is 5.69 Å². The molecule has 4 rings (SSSR count). The maximum Gasteiger partial charge on any atom is 0.168 e. The molecular formula is C20H18ClN5. The first kappa shape index (κ1) is 16.5. The van der Waals surface area contributed by atoms with E-state index < -0.39 is 0 Å². The highest BCUT2D eigenvalue weighted by atomic mass is 35.5. The number of hydrogen-bond acceptors (Lipinski definition) is 4. The maximum absolute atomic E-state index is 6.27. The highest BCUT2D eigenvalue weighted by Gasteiger charge is 2.13. The molecular weight excluding hydrogens is 346 g/mol. The van der Waals surface area contributed by atoms with Gasteiger partial charge in [0, 0.05) is 10.7 Å². The van der Waals surface area contributed by atoms with Crippen LogP contribution in [0, 0.1) is 20.8 Å². The number of aryl methyl sites for hydroxylation is 2. The van der Waals surface area contributed by atoms with Crippen LogP contribution in [0.2, 0.25) is 5.02 Å². The van der Waals surface area contributed by atoms with Gasteiger partial charge in [0.15, 0.2) is 5.65 Å². The van der Waals surface area contributed by atoms with E-state index in [0.29, 0.717) is 5.02 Å². The van der Waals surface area contributed by atoms with E-state index in [-0.39, 0.29) is 0 Å². The number of rotatable bonds is 3. The molecule has 2 aromatic heterocycles. The van der Waals surface area contributed by atoms with Crippen molar-refractivity contribution in [2.45, 2.75) is 20.8 Å². The standard InChI is InChI=1S/C20H18ClN5/c1-12-5-4-6-18(14(12)3)25-19-16-10-24-26(20(16)23-11-22-19)15-8-7-13(2)17(21)9-15/h4-11H,1-3H3,(H,22,23,25). The van der Waals surface area contributed by atoms with Gasteiger partial charge in [-0.2, -0.15) is 5.10 Å². The summed E-state index contributed by atoms with van der Waals surface area (Å²) in [5.74, 6) is 0.730. The molecule has 0 fully saturated rings. The Morgan fingerprint density at radius 3 is 2.65 bits per heavy atom. The number of fused-ring (bicyclic) bond motifs is 1. The minimum Gasteiger partial charge on any atom is -0.339 e. The summed E-state index contributed by atoms with van der Waals surface area (Å²) in [6.07, 6.45) is 3.32. The Hall–Kier alpha value is -2.92. The van der Waals surface area contributed by atoms with Gasteiger partial charge in [0.05, 0.1) is 17.3 Å². The van der Waals surface area contributed by atoms with Crippen molar-refractivity contribution in [3.05, 3.63) is 70.6 Å². The fourth-order valence-corrected chi connectivity index (χ4v) is 3.04. The van der Waals surface area contributed by atoms with E-state index in [0.717, 1.165) is 33.8 Å². The molecule has 5 nitrogen and oxygen atoms in total. The van der Waals surface area contributed by atoms with Gasteiger partial charge in [-0.3, -0.25) is 0 Å². The normalized spacial score (nSPS) is 11.1. The molecule has 26 heavy (non-hydrogen) atoms. The fraction of sp³-hybridized carbons (Fsp3) is 0.150. The lowest BCUT2D eigenvalue weighted by atomic mass is 10.1. The molecule has 0 aliphatic heterocycles. The Balaban J connectivity index is 1.80. The van der Waals surface area contributed by atoms with Crippen LogP contribution < -0.4 is 5.32 Å². The van der Waals surface area contributed by atoms with Gasteiger partial charge in [-0.25, -0.2) is 14.6 Å². The van der Waals surface area contributed by atoms with E-state index in [9.17, 15) is 0 Å². The van der Waals surface area contributed by atoms with E-state index in [1.165, 1.54) is 11.1 Å². The van der Waals surface area contributed by atoms with Crippen LogP contribution in [0.15, 0.2) is 48.9 Å². The number of hydrogen-bond donors (Lipinski definition) is 1. The van der Waals surface area contributed by atoms with Crippen LogP contribution in [0.25, 0.3) is 16.7 Å². The Bertz CT molecular complexity index is 1120. The molecule has 0 aliphatic carbocycles. The first-order valence-electron chi connectivity index (χ1n) is 8.33. The minimum atomic E-state index is 0.703. The Labute approximate surface area is 156 Å².